The number of hydrogen-bond acceptors (Lipinski definition) is 6. The monoisotopic (exact) mass is 586 g/mol. The minimum atomic E-state index is -0.359. The molecule has 0 spiro atoms. The molecular formula is C37H34N2O5. The molecule has 0 saturated carbocycles. The van der Waals surface area contributed by atoms with Crippen LogP contribution in [-0.2, 0) is 17.6 Å². The molecule has 0 unspecified atom stereocenters. The van der Waals surface area contributed by atoms with Gasteiger partial charge in [-0.3, -0.25) is 14.6 Å². The molecule has 0 bridgehead atoms. The van der Waals surface area contributed by atoms with Crippen molar-refractivity contribution in [2.24, 2.45) is 0 Å². The quantitative estimate of drug-likeness (QED) is 0.147. The highest BCUT2D eigenvalue weighted by Gasteiger charge is 2.18. The SMILES string of the molecule is Cc1ccc(CCc2cc(Oc3cc(OC=O)c(NC(=O)c4ccc(Oc5ccccc5)cc4)cc3C(C)C)ccn2)cc1. The fourth-order valence-corrected chi connectivity index (χ4v) is 4.67. The van der Waals surface area contributed by atoms with Gasteiger partial charge in [-0.2, -0.15) is 0 Å². The molecule has 1 amide bonds. The first kappa shape index (κ1) is 30.0. The normalized spacial score (nSPS) is 10.7. The van der Waals surface area contributed by atoms with E-state index in [4.69, 9.17) is 14.2 Å². The van der Waals surface area contributed by atoms with Crippen LogP contribution in [0.4, 0.5) is 5.69 Å². The predicted molar refractivity (Wildman–Crippen MR) is 171 cm³/mol. The summed E-state index contributed by atoms with van der Waals surface area (Å²) < 4.78 is 17.4. The van der Waals surface area contributed by atoms with Crippen LogP contribution in [0, 0.1) is 6.92 Å². The molecule has 0 radical (unpaired) electrons. The van der Waals surface area contributed by atoms with Crippen LogP contribution in [0.15, 0.2) is 109 Å². The van der Waals surface area contributed by atoms with Crippen LogP contribution in [0.25, 0.3) is 0 Å². The van der Waals surface area contributed by atoms with E-state index in [1.807, 2.05) is 50.2 Å². The van der Waals surface area contributed by atoms with E-state index in [-0.39, 0.29) is 17.6 Å². The molecule has 5 rings (SSSR count). The van der Waals surface area contributed by atoms with Crippen LogP contribution in [-0.4, -0.2) is 17.4 Å². The summed E-state index contributed by atoms with van der Waals surface area (Å²) in [4.78, 5) is 29.1. The molecule has 0 aliphatic heterocycles. The highest BCUT2D eigenvalue weighted by Crippen LogP contribution is 2.39. The Labute approximate surface area is 257 Å². The zero-order valence-electron chi connectivity index (χ0n) is 24.9. The topological polar surface area (TPSA) is 86.8 Å². The summed E-state index contributed by atoms with van der Waals surface area (Å²) in [5.74, 6) is 2.31. The van der Waals surface area contributed by atoms with Crippen molar-refractivity contribution in [2.45, 2.75) is 39.5 Å². The van der Waals surface area contributed by atoms with Crippen molar-refractivity contribution in [3.05, 3.63) is 137 Å². The van der Waals surface area contributed by atoms with E-state index in [0.717, 1.165) is 24.1 Å². The lowest BCUT2D eigenvalue weighted by Gasteiger charge is -2.18. The lowest BCUT2D eigenvalue weighted by molar-refractivity contribution is -0.120. The van der Waals surface area contributed by atoms with Gasteiger partial charge >= 0.3 is 0 Å². The second-order valence-electron chi connectivity index (χ2n) is 10.7. The summed E-state index contributed by atoms with van der Waals surface area (Å²) in [6.45, 7) is 6.46. The Morgan fingerprint density at radius 3 is 2.23 bits per heavy atom. The first-order valence-electron chi connectivity index (χ1n) is 14.5. The third-order valence-electron chi connectivity index (χ3n) is 7.06. The number of benzene rings is 4. The van der Waals surface area contributed by atoms with Gasteiger partial charge in [0, 0.05) is 29.6 Å². The van der Waals surface area contributed by atoms with Crippen molar-refractivity contribution in [1.29, 1.82) is 0 Å². The Morgan fingerprint density at radius 1 is 0.795 bits per heavy atom. The van der Waals surface area contributed by atoms with Crippen molar-refractivity contribution in [3.8, 4) is 28.7 Å². The van der Waals surface area contributed by atoms with Gasteiger partial charge in [-0.25, -0.2) is 0 Å². The smallest absolute Gasteiger partial charge is 0.298 e. The van der Waals surface area contributed by atoms with Crippen molar-refractivity contribution >= 4 is 18.1 Å². The minimum Gasteiger partial charge on any atom is -0.457 e. The maximum absolute atomic E-state index is 13.2. The minimum absolute atomic E-state index is 0.0446. The van der Waals surface area contributed by atoms with Gasteiger partial charge in [-0.1, -0.05) is 61.9 Å². The second kappa shape index (κ2) is 14.2. The molecule has 0 aliphatic carbocycles. The van der Waals surface area contributed by atoms with E-state index < -0.39 is 0 Å². The largest absolute Gasteiger partial charge is 0.457 e. The molecule has 4 aromatic carbocycles. The first-order valence-corrected chi connectivity index (χ1v) is 14.5. The number of carbonyl (C=O) groups excluding carboxylic acids is 2. The number of aromatic nitrogens is 1. The summed E-state index contributed by atoms with van der Waals surface area (Å²) >= 11 is 0. The Bertz CT molecular complexity index is 1720. The van der Waals surface area contributed by atoms with Crippen molar-refractivity contribution in [3.63, 3.8) is 0 Å². The molecule has 0 aliphatic rings. The lowest BCUT2D eigenvalue weighted by Crippen LogP contribution is -2.13. The van der Waals surface area contributed by atoms with Crippen molar-refractivity contribution in [2.75, 3.05) is 5.32 Å². The molecule has 0 fully saturated rings. The van der Waals surface area contributed by atoms with Gasteiger partial charge in [-0.05, 0) is 85.3 Å². The standard InChI is InChI=1S/C37H34N2O5/c1-25(2)33-22-34(39-37(41)28-14-17-31(18-15-28)43-30-7-5-4-6-8-30)36(42-24-40)23-35(33)44-32-19-20-38-29(21-32)16-13-27-11-9-26(3)10-12-27/h4-12,14-15,17-25H,13,16H2,1-3H3,(H,39,41). The number of pyridine rings is 1. The van der Waals surface area contributed by atoms with E-state index in [2.05, 4.69) is 41.5 Å². The fourth-order valence-electron chi connectivity index (χ4n) is 4.67. The number of hydrogen-bond donors (Lipinski definition) is 1. The number of ether oxygens (including phenoxy) is 3. The van der Waals surface area contributed by atoms with Crippen LogP contribution >= 0.6 is 0 Å². The molecule has 1 heterocycles. The van der Waals surface area contributed by atoms with Crippen molar-refractivity contribution in [1.82, 2.24) is 4.98 Å². The summed E-state index contributed by atoms with van der Waals surface area (Å²) in [5, 5.41) is 2.88. The average molecular weight is 587 g/mol. The summed E-state index contributed by atoms with van der Waals surface area (Å²) in [6, 6.07) is 31.8. The maximum atomic E-state index is 13.2. The highest BCUT2D eigenvalue weighted by atomic mass is 16.5. The maximum Gasteiger partial charge on any atom is 0.298 e. The molecule has 7 heteroatoms. The molecule has 44 heavy (non-hydrogen) atoms. The van der Waals surface area contributed by atoms with Gasteiger partial charge in [0.05, 0.1) is 5.69 Å². The third kappa shape index (κ3) is 7.89. The van der Waals surface area contributed by atoms with Gasteiger partial charge in [-0.15, -0.1) is 0 Å². The van der Waals surface area contributed by atoms with Crippen LogP contribution in [0.1, 0.15) is 52.5 Å². The molecule has 0 saturated heterocycles. The number of rotatable bonds is 12. The van der Waals surface area contributed by atoms with Gasteiger partial charge in [0.2, 0.25) is 0 Å². The summed E-state index contributed by atoms with van der Waals surface area (Å²) in [5.41, 5.74) is 5.00. The first-order chi connectivity index (χ1) is 21.4. The van der Waals surface area contributed by atoms with Crippen molar-refractivity contribution < 1.29 is 23.8 Å². The Kier molecular flexibility index (Phi) is 9.67. The van der Waals surface area contributed by atoms with Gasteiger partial charge in [0.15, 0.2) is 5.75 Å². The number of nitrogens with one attached hydrogen (secondary N) is 1. The fraction of sp³-hybridized carbons (Fsp3) is 0.162. The number of aryl methyl sites for hydroxylation is 3. The molecule has 1 aromatic heterocycles. The van der Waals surface area contributed by atoms with Crippen LogP contribution in [0.5, 0.6) is 28.7 Å². The molecule has 0 atom stereocenters. The number of para-hydroxylation sites is 1. The molecule has 1 N–H and O–H groups in total. The summed E-state index contributed by atoms with van der Waals surface area (Å²) in [6.07, 6.45) is 3.35. The van der Waals surface area contributed by atoms with Gasteiger partial charge in [0.25, 0.3) is 12.4 Å². The number of amides is 1. The summed E-state index contributed by atoms with van der Waals surface area (Å²) in [7, 11) is 0. The van der Waals surface area contributed by atoms with E-state index >= 15 is 0 Å². The average Bonchev–Trinajstić information content (AvgIpc) is 3.03. The van der Waals surface area contributed by atoms with E-state index in [1.54, 1.807) is 48.7 Å². The predicted octanol–water partition coefficient (Wildman–Crippen LogP) is 8.67. The van der Waals surface area contributed by atoms with E-state index in [0.29, 0.717) is 40.7 Å². The number of anilines is 1. The highest BCUT2D eigenvalue weighted by molar-refractivity contribution is 6.05. The Morgan fingerprint density at radius 2 is 1.52 bits per heavy atom. The molecular weight excluding hydrogens is 552 g/mol. The molecule has 5 aromatic rings. The van der Waals surface area contributed by atoms with Crippen LogP contribution in [0.2, 0.25) is 0 Å². The zero-order valence-corrected chi connectivity index (χ0v) is 24.9. The Hall–Kier alpha value is -5.43. The van der Waals surface area contributed by atoms with Gasteiger partial charge < -0.3 is 19.5 Å². The van der Waals surface area contributed by atoms with E-state index in [9.17, 15) is 9.59 Å². The zero-order chi connectivity index (χ0) is 30.9. The number of carbonyl (C=O) groups is 2. The lowest BCUT2D eigenvalue weighted by atomic mass is 10.0. The Balaban J connectivity index is 1.32. The van der Waals surface area contributed by atoms with Crippen LogP contribution < -0.4 is 19.5 Å². The van der Waals surface area contributed by atoms with E-state index in [1.165, 1.54) is 11.1 Å². The van der Waals surface area contributed by atoms with Gasteiger partial charge in [0.1, 0.15) is 23.0 Å². The second-order valence-corrected chi connectivity index (χ2v) is 10.7. The third-order valence-corrected chi connectivity index (χ3v) is 7.06. The molecule has 7 nitrogen and oxygen atoms in total. The van der Waals surface area contributed by atoms with Crippen LogP contribution in [0.3, 0.4) is 0 Å². The number of nitrogens with zero attached hydrogens (tertiary/aromatic N) is 1. The molecule has 222 valence electrons.